The normalized spacial score (nSPS) is 22.2. The van der Waals surface area contributed by atoms with Crippen molar-refractivity contribution in [2.75, 3.05) is 20.2 Å². The van der Waals surface area contributed by atoms with Gasteiger partial charge in [0.25, 0.3) is 0 Å². The largest absolute Gasteiger partial charge is 0.508 e. The van der Waals surface area contributed by atoms with Gasteiger partial charge in [-0.3, -0.25) is 9.59 Å². The average Bonchev–Trinajstić information content (AvgIpc) is 2.74. The van der Waals surface area contributed by atoms with Crippen molar-refractivity contribution in [3.05, 3.63) is 65.7 Å². The molecular formula is C25H36N2O4. The fourth-order valence-corrected chi connectivity index (χ4v) is 3.58. The summed E-state index contributed by atoms with van der Waals surface area (Å²) in [4.78, 5) is 23.4. The Hall–Kier alpha value is -2.86. The summed E-state index contributed by atoms with van der Waals surface area (Å²) in [5, 5.41) is 15.6. The maximum atomic E-state index is 12.3. The average molecular weight is 429 g/mol. The van der Waals surface area contributed by atoms with Crippen molar-refractivity contribution in [2.45, 2.75) is 46.1 Å². The lowest BCUT2D eigenvalue weighted by molar-refractivity contribution is -0.141. The maximum absolute atomic E-state index is 12.3. The van der Waals surface area contributed by atoms with E-state index in [9.17, 15) is 14.7 Å². The summed E-state index contributed by atoms with van der Waals surface area (Å²) >= 11 is 0. The zero-order valence-corrected chi connectivity index (χ0v) is 18.1. The summed E-state index contributed by atoms with van der Waals surface area (Å²) in [6.45, 7) is 6.86. The highest BCUT2D eigenvalue weighted by molar-refractivity contribution is 5.85. The third kappa shape index (κ3) is 7.40. The molecule has 2 aromatic carbocycles. The first kappa shape index (κ1) is 26.2. The summed E-state index contributed by atoms with van der Waals surface area (Å²) < 4.78 is 4.53. The second kappa shape index (κ2) is 12.1. The second-order valence-corrected chi connectivity index (χ2v) is 7.98. The molecule has 0 bridgehead atoms. The van der Waals surface area contributed by atoms with Crippen LogP contribution >= 0.6 is 0 Å². The van der Waals surface area contributed by atoms with Crippen LogP contribution in [-0.4, -0.2) is 43.2 Å². The van der Waals surface area contributed by atoms with Crippen LogP contribution in [0.15, 0.2) is 54.6 Å². The number of hydrogen-bond acceptors (Lipinski definition) is 5. The molecule has 2 aromatic rings. The number of methoxy groups -OCH3 is 1. The number of phenolic OH excluding ortho intramolecular Hbond substituents is 1. The first-order valence-electron chi connectivity index (χ1n) is 10.2. The van der Waals surface area contributed by atoms with Gasteiger partial charge >= 0.3 is 5.97 Å². The van der Waals surface area contributed by atoms with Crippen LogP contribution in [-0.2, 0) is 19.7 Å². The Balaban J connectivity index is 0.000000510. The van der Waals surface area contributed by atoms with Crippen molar-refractivity contribution in [1.82, 2.24) is 10.6 Å². The van der Waals surface area contributed by atoms with Crippen LogP contribution in [0.5, 0.6) is 5.75 Å². The second-order valence-electron chi connectivity index (χ2n) is 7.98. The molecule has 170 valence electrons. The summed E-state index contributed by atoms with van der Waals surface area (Å²) in [5.41, 5.74) is 2.09. The molecule has 0 aromatic heterocycles. The summed E-state index contributed by atoms with van der Waals surface area (Å²) in [7, 11) is 1.29. The predicted molar refractivity (Wildman–Crippen MR) is 124 cm³/mol. The van der Waals surface area contributed by atoms with Crippen LogP contribution < -0.4 is 10.6 Å². The lowest BCUT2D eigenvalue weighted by atomic mass is 9.66. The highest BCUT2D eigenvalue weighted by Gasteiger charge is 2.41. The van der Waals surface area contributed by atoms with E-state index in [2.05, 4.69) is 48.3 Å². The zero-order chi connectivity index (χ0) is 22.1. The Morgan fingerprint density at radius 3 is 2.42 bits per heavy atom. The molecule has 1 aliphatic heterocycles. The molecule has 0 radical (unpaired) electrons. The molecule has 1 heterocycles. The molecule has 1 saturated heterocycles. The van der Waals surface area contributed by atoms with E-state index < -0.39 is 5.97 Å². The Bertz CT molecular complexity index is 840. The minimum Gasteiger partial charge on any atom is -0.508 e. The fourth-order valence-electron chi connectivity index (χ4n) is 3.58. The molecule has 0 spiro atoms. The first-order valence-corrected chi connectivity index (χ1v) is 10.2. The van der Waals surface area contributed by atoms with Gasteiger partial charge in [0.15, 0.2) is 0 Å². The topological polar surface area (TPSA) is 87.7 Å². The monoisotopic (exact) mass is 428 g/mol. The molecule has 3 atom stereocenters. The van der Waals surface area contributed by atoms with Gasteiger partial charge in [0.1, 0.15) is 12.3 Å². The number of rotatable bonds is 4. The number of ether oxygens (including phenoxy) is 1. The lowest BCUT2D eigenvalue weighted by Crippen LogP contribution is -2.56. The Morgan fingerprint density at radius 1 is 1.19 bits per heavy atom. The van der Waals surface area contributed by atoms with E-state index in [0.717, 1.165) is 5.56 Å². The molecule has 6 heteroatoms. The van der Waals surface area contributed by atoms with Crippen LogP contribution in [0.2, 0.25) is 0 Å². The third-order valence-electron chi connectivity index (χ3n) is 5.78. The van der Waals surface area contributed by atoms with Crippen LogP contribution in [0.25, 0.3) is 0 Å². The van der Waals surface area contributed by atoms with Gasteiger partial charge in [-0.25, -0.2) is 0 Å². The van der Waals surface area contributed by atoms with E-state index >= 15 is 0 Å². The minimum atomic E-state index is -0.474. The van der Waals surface area contributed by atoms with Gasteiger partial charge in [-0.15, -0.1) is 0 Å². The number of carbonyl (C=O) groups excluding carboxylic acids is 2. The number of aromatic hydroxyl groups is 1. The molecule has 1 amide bonds. The van der Waals surface area contributed by atoms with Crippen molar-refractivity contribution in [3.63, 3.8) is 0 Å². The molecule has 6 nitrogen and oxygen atoms in total. The van der Waals surface area contributed by atoms with E-state index in [1.54, 1.807) is 12.1 Å². The van der Waals surface area contributed by atoms with Gasteiger partial charge < -0.3 is 20.5 Å². The number of carbonyl (C=O) groups is 2. The van der Waals surface area contributed by atoms with Gasteiger partial charge in [0.05, 0.1) is 13.2 Å². The van der Waals surface area contributed by atoms with Crippen LogP contribution in [0, 0.1) is 12.8 Å². The molecule has 0 aliphatic carbocycles. The molecule has 3 rings (SSSR count). The molecule has 0 saturated carbocycles. The SMILES string of the molecule is C.COC(=O)CNC(=O)C1C[C@@](C)(c2cccc(O)c2)[C@@H](C)CN1.Cc1ccccc1. The number of piperidine rings is 1. The van der Waals surface area contributed by atoms with Gasteiger partial charge in [-0.2, -0.15) is 0 Å². The van der Waals surface area contributed by atoms with E-state index in [1.165, 1.54) is 12.7 Å². The number of amides is 1. The Kier molecular flexibility index (Phi) is 10.2. The number of nitrogens with one attached hydrogen (secondary N) is 2. The number of hydrogen-bond donors (Lipinski definition) is 3. The van der Waals surface area contributed by atoms with Crippen molar-refractivity contribution < 1.29 is 19.4 Å². The summed E-state index contributed by atoms with van der Waals surface area (Å²) in [6, 6.07) is 17.1. The quantitative estimate of drug-likeness (QED) is 0.648. The van der Waals surface area contributed by atoms with Crippen molar-refractivity contribution in [3.8, 4) is 5.75 Å². The Morgan fingerprint density at radius 2 is 1.87 bits per heavy atom. The minimum absolute atomic E-state index is 0. The molecule has 31 heavy (non-hydrogen) atoms. The molecule has 1 aliphatic rings. The van der Waals surface area contributed by atoms with E-state index in [0.29, 0.717) is 18.9 Å². The van der Waals surface area contributed by atoms with Gasteiger partial charge in [-0.1, -0.05) is 69.3 Å². The highest BCUT2D eigenvalue weighted by Crippen LogP contribution is 2.40. The van der Waals surface area contributed by atoms with E-state index in [-0.39, 0.29) is 37.1 Å². The standard InChI is InChI=1S/C17H24N2O4.C7H8.CH4/c1-11-9-18-14(16(22)19-10-15(21)23-3)8-17(11,2)12-5-4-6-13(20)7-12;1-7-5-3-2-4-6-7;/h4-7,11,14,18,20H,8-10H2,1-3H3,(H,19,22);2-6H,1H3;1H4/t11-,14?,17+;;/m0../s1. The lowest BCUT2D eigenvalue weighted by Gasteiger charge is -2.44. The zero-order valence-electron chi connectivity index (χ0n) is 18.1. The predicted octanol–water partition coefficient (Wildman–Crippen LogP) is 3.57. The van der Waals surface area contributed by atoms with Crippen LogP contribution in [0.4, 0.5) is 0 Å². The van der Waals surface area contributed by atoms with E-state index in [4.69, 9.17) is 0 Å². The molecule has 1 fully saturated rings. The fraction of sp³-hybridized carbons (Fsp3) is 0.440. The Labute approximate surface area is 186 Å². The van der Waals surface area contributed by atoms with Gasteiger partial charge in [0, 0.05) is 0 Å². The number of aryl methyl sites for hydroxylation is 1. The van der Waals surface area contributed by atoms with Gasteiger partial charge in [0.2, 0.25) is 5.91 Å². The van der Waals surface area contributed by atoms with Crippen molar-refractivity contribution in [1.29, 1.82) is 0 Å². The number of phenols is 1. The maximum Gasteiger partial charge on any atom is 0.325 e. The summed E-state index contributed by atoms with van der Waals surface area (Å²) in [6.07, 6.45) is 0.588. The molecule has 3 N–H and O–H groups in total. The highest BCUT2D eigenvalue weighted by atomic mass is 16.5. The molecule has 1 unspecified atom stereocenters. The number of benzene rings is 2. The van der Waals surface area contributed by atoms with E-state index in [1.807, 2.05) is 30.3 Å². The van der Waals surface area contributed by atoms with Crippen LogP contribution in [0.1, 0.15) is 38.8 Å². The number of esters is 1. The summed E-state index contributed by atoms with van der Waals surface area (Å²) in [5.74, 6) is -0.165. The molecular weight excluding hydrogens is 392 g/mol. The smallest absolute Gasteiger partial charge is 0.325 e. The third-order valence-corrected chi connectivity index (χ3v) is 5.78. The van der Waals surface area contributed by atoms with Crippen molar-refractivity contribution in [2.24, 2.45) is 5.92 Å². The van der Waals surface area contributed by atoms with Gasteiger partial charge in [-0.05, 0) is 48.9 Å². The van der Waals surface area contributed by atoms with Crippen molar-refractivity contribution >= 4 is 11.9 Å². The van der Waals surface area contributed by atoms with Crippen LogP contribution in [0.3, 0.4) is 0 Å². The first-order chi connectivity index (χ1) is 14.3.